The highest BCUT2D eigenvalue weighted by atomic mass is 35.5. The molecule has 116 valence electrons. The monoisotopic (exact) mass is 319 g/mol. The molecule has 0 spiro atoms. The van der Waals surface area contributed by atoms with Crippen LogP contribution >= 0.6 is 11.6 Å². The average Bonchev–Trinajstić information content (AvgIpc) is 2.49. The Kier molecular flexibility index (Phi) is 5.28. The zero-order valence-electron chi connectivity index (χ0n) is 12.7. The van der Waals surface area contributed by atoms with Crippen LogP contribution in [0, 0.1) is 6.92 Å². The average molecular weight is 320 g/mol. The van der Waals surface area contributed by atoms with Crippen molar-refractivity contribution in [1.82, 2.24) is 0 Å². The molecule has 22 heavy (non-hydrogen) atoms. The summed E-state index contributed by atoms with van der Waals surface area (Å²) in [7, 11) is 1.56. The number of nitrogens with one attached hydrogen (secondary N) is 1. The van der Waals surface area contributed by atoms with Crippen LogP contribution < -0.4 is 14.8 Å². The molecule has 2 rings (SSSR count). The molecule has 0 aliphatic carbocycles. The highest BCUT2D eigenvalue weighted by Crippen LogP contribution is 2.27. The van der Waals surface area contributed by atoms with Crippen LogP contribution in [0.5, 0.6) is 11.5 Å². The molecule has 0 bridgehead atoms. The van der Waals surface area contributed by atoms with E-state index in [9.17, 15) is 4.79 Å². The van der Waals surface area contributed by atoms with E-state index in [-0.39, 0.29) is 5.91 Å². The molecular weight excluding hydrogens is 302 g/mol. The zero-order chi connectivity index (χ0) is 16.1. The summed E-state index contributed by atoms with van der Waals surface area (Å²) in [6.45, 7) is 3.61. The first-order chi connectivity index (χ1) is 10.5. The Morgan fingerprint density at radius 3 is 2.59 bits per heavy atom. The lowest BCUT2D eigenvalue weighted by Gasteiger charge is -2.17. The molecule has 0 radical (unpaired) electrons. The van der Waals surface area contributed by atoms with Gasteiger partial charge in [0.05, 0.1) is 17.8 Å². The summed E-state index contributed by atoms with van der Waals surface area (Å²) in [6.07, 6.45) is -0.690. The first-order valence-electron chi connectivity index (χ1n) is 6.88. The van der Waals surface area contributed by atoms with Crippen molar-refractivity contribution < 1.29 is 14.3 Å². The Hall–Kier alpha value is -2.20. The number of carbonyl (C=O) groups is 1. The zero-order valence-corrected chi connectivity index (χ0v) is 13.5. The molecule has 5 heteroatoms. The van der Waals surface area contributed by atoms with Crippen LogP contribution in [0.1, 0.15) is 12.5 Å². The minimum atomic E-state index is -0.690. The highest BCUT2D eigenvalue weighted by molar-refractivity contribution is 6.32. The molecule has 1 amide bonds. The van der Waals surface area contributed by atoms with Crippen molar-refractivity contribution in [2.75, 3.05) is 12.4 Å². The van der Waals surface area contributed by atoms with Gasteiger partial charge in [-0.3, -0.25) is 4.79 Å². The number of rotatable bonds is 5. The van der Waals surface area contributed by atoms with E-state index in [1.54, 1.807) is 38.3 Å². The van der Waals surface area contributed by atoms with Gasteiger partial charge in [-0.05, 0) is 43.7 Å². The summed E-state index contributed by atoms with van der Waals surface area (Å²) in [4.78, 5) is 12.3. The molecule has 2 aromatic rings. The quantitative estimate of drug-likeness (QED) is 0.904. The Balaban J connectivity index is 2.09. The minimum Gasteiger partial charge on any atom is -0.495 e. The predicted molar refractivity (Wildman–Crippen MR) is 87.9 cm³/mol. The standard InChI is InChI=1S/C17H18ClNO3/c1-11-8-9-16(21-3)14(10-11)19-17(20)12(2)22-15-7-5-4-6-13(15)18/h4-10,12H,1-3H3,(H,19,20)/t12-/m0/s1. The van der Waals surface area contributed by atoms with Crippen molar-refractivity contribution in [3.05, 3.63) is 53.1 Å². The maximum absolute atomic E-state index is 12.3. The fourth-order valence-electron chi connectivity index (χ4n) is 1.94. The van der Waals surface area contributed by atoms with Crippen LogP contribution in [0.15, 0.2) is 42.5 Å². The molecule has 0 aliphatic heterocycles. The van der Waals surface area contributed by atoms with Gasteiger partial charge in [0.25, 0.3) is 5.91 Å². The van der Waals surface area contributed by atoms with Gasteiger partial charge in [0, 0.05) is 0 Å². The van der Waals surface area contributed by atoms with Crippen LogP contribution in [-0.2, 0) is 4.79 Å². The summed E-state index contributed by atoms with van der Waals surface area (Å²) in [5.41, 5.74) is 1.64. The lowest BCUT2D eigenvalue weighted by atomic mass is 10.2. The number of amides is 1. The number of hydrogen-bond donors (Lipinski definition) is 1. The second-order valence-corrected chi connectivity index (χ2v) is 5.29. The number of aryl methyl sites for hydroxylation is 1. The number of ether oxygens (including phenoxy) is 2. The second kappa shape index (κ2) is 7.18. The number of halogens is 1. The van der Waals surface area contributed by atoms with Crippen molar-refractivity contribution in [3.8, 4) is 11.5 Å². The van der Waals surface area contributed by atoms with Gasteiger partial charge in [0.1, 0.15) is 11.5 Å². The lowest BCUT2D eigenvalue weighted by Crippen LogP contribution is -2.30. The third kappa shape index (κ3) is 3.92. The summed E-state index contributed by atoms with van der Waals surface area (Å²) < 4.78 is 10.8. The third-order valence-electron chi connectivity index (χ3n) is 3.12. The topological polar surface area (TPSA) is 47.6 Å². The molecule has 1 N–H and O–H groups in total. The van der Waals surface area contributed by atoms with Gasteiger partial charge in [0.15, 0.2) is 6.10 Å². The van der Waals surface area contributed by atoms with Gasteiger partial charge in [-0.2, -0.15) is 0 Å². The number of hydrogen-bond acceptors (Lipinski definition) is 3. The maximum atomic E-state index is 12.3. The fraction of sp³-hybridized carbons (Fsp3) is 0.235. The first-order valence-corrected chi connectivity index (χ1v) is 7.25. The fourth-order valence-corrected chi connectivity index (χ4v) is 2.12. The van der Waals surface area contributed by atoms with E-state index in [0.717, 1.165) is 5.56 Å². The first kappa shape index (κ1) is 16.2. The summed E-state index contributed by atoms with van der Waals surface area (Å²) in [6, 6.07) is 12.6. The van der Waals surface area contributed by atoms with Crippen LogP contribution in [0.3, 0.4) is 0 Å². The Labute approximate surface area is 135 Å². The largest absolute Gasteiger partial charge is 0.495 e. The summed E-state index contributed by atoms with van der Waals surface area (Å²) >= 11 is 6.02. The van der Waals surface area contributed by atoms with Crippen molar-refractivity contribution in [3.63, 3.8) is 0 Å². The van der Waals surface area contributed by atoms with Crippen molar-refractivity contribution in [1.29, 1.82) is 0 Å². The third-order valence-corrected chi connectivity index (χ3v) is 3.43. The minimum absolute atomic E-state index is 0.274. The van der Waals surface area contributed by atoms with Gasteiger partial charge in [-0.25, -0.2) is 0 Å². The summed E-state index contributed by atoms with van der Waals surface area (Å²) in [5.74, 6) is 0.802. The number of para-hydroxylation sites is 1. The smallest absolute Gasteiger partial charge is 0.265 e. The predicted octanol–water partition coefficient (Wildman–Crippen LogP) is 4.06. The molecule has 0 fully saturated rings. The lowest BCUT2D eigenvalue weighted by molar-refractivity contribution is -0.122. The van der Waals surface area contributed by atoms with Crippen molar-refractivity contribution >= 4 is 23.2 Å². The van der Waals surface area contributed by atoms with Crippen LogP contribution in [0.2, 0.25) is 5.02 Å². The van der Waals surface area contributed by atoms with E-state index in [1.807, 2.05) is 25.1 Å². The Morgan fingerprint density at radius 2 is 1.91 bits per heavy atom. The van der Waals surface area contributed by atoms with Crippen LogP contribution in [0.4, 0.5) is 5.69 Å². The Bertz CT molecular complexity index is 673. The maximum Gasteiger partial charge on any atom is 0.265 e. The molecule has 0 saturated heterocycles. The van der Waals surface area contributed by atoms with Crippen molar-refractivity contribution in [2.24, 2.45) is 0 Å². The molecule has 1 atom stereocenters. The number of anilines is 1. The van der Waals surface area contributed by atoms with Gasteiger partial charge >= 0.3 is 0 Å². The molecule has 0 unspecified atom stereocenters. The van der Waals surface area contributed by atoms with E-state index in [1.165, 1.54) is 0 Å². The molecular formula is C17H18ClNO3. The molecule has 0 aliphatic rings. The molecule has 0 heterocycles. The molecule has 2 aromatic carbocycles. The summed E-state index contributed by atoms with van der Waals surface area (Å²) in [5, 5.41) is 3.28. The van der Waals surface area contributed by atoms with E-state index in [0.29, 0.717) is 22.2 Å². The Morgan fingerprint density at radius 1 is 1.18 bits per heavy atom. The van der Waals surface area contributed by atoms with Gasteiger partial charge in [0.2, 0.25) is 0 Å². The highest BCUT2D eigenvalue weighted by Gasteiger charge is 2.17. The van der Waals surface area contributed by atoms with Crippen LogP contribution in [-0.4, -0.2) is 19.1 Å². The van der Waals surface area contributed by atoms with Crippen molar-refractivity contribution in [2.45, 2.75) is 20.0 Å². The van der Waals surface area contributed by atoms with Gasteiger partial charge in [-0.15, -0.1) is 0 Å². The normalized spacial score (nSPS) is 11.6. The molecule has 4 nitrogen and oxygen atoms in total. The second-order valence-electron chi connectivity index (χ2n) is 4.88. The van der Waals surface area contributed by atoms with Crippen LogP contribution in [0.25, 0.3) is 0 Å². The molecule has 0 aromatic heterocycles. The van der Waals surface area contributed by atoms with E-state index in [2.05, 4.69) is 5.32 Å². The van der Waals surface area contributed by atoms with Gasteiger partial charge < -0.3 is 14.8 Å². The van der Waals surface area contributed by atoms with E-state index < -0.39 is 6.10 Å². The van der Waals surface area contributed by atoms with E-state index in [4.69, 9.17) is 21.1 Å². The van der Waals surface area contributed by atoms with E-state index >= 15 is 0 Å². The number of benzene rings is 2. The number of methoxy groups -OCH3 is 1. The SMILES string of the molecule is COc1ccc(C)cc1NC(=O)[C@H](C)Oc1ccccc1Cl. The molecule has 0 saturated carbocycles. The number of carbonyl (C=O) groups excluding carboxylic acids is 1. The van der Waals surface area contributed by atoms with Gasteiger partial charge in [-0.1, -0.05) is 29.8 Å².